The minimum atomic E-state index is -3.25. The molecule has 0 radical (unpaired) electrons. The van der Waals surface area contributed by atoms with Crippen LogP contribution in [-0.4, -0.2) is 45.3 Å². The summed E-state index contributed by atoms with van der Waals surface area (Å²) < 4.78 is 30.6. The van der Waals surface area contributed by atoms with Crippen molar-refractivity contribution in [2.24, 2.45) is 0 Å². The van der Waals surface area contributed by atoms with Crippen molar-refractivity contribution in [1.82, 2.24) is 4.90 Å². The van der Waals surface area contributed by atoms with Gasteiger partial charge in [-0.3, -0.25) is 9.62 Å². The second kappa shape index (κ2) is 9.22. The molecular formula is C18H26N2O3S2. The first-order valence-corrected chi connectivity index (χ1v) is 11.2. The second-order valence-corrected chi connectivity index (χ2v) is 8.59. The number of likely N-dealkylation sites (N-methyl/N-ethyl adjacent to an activating group) is 1. The third-order valence-electron chi connectivity index (χ3n) is 3.95. The summed E-state index contributed by atoms with van der Waals surface area (Å²) in [6.45, 7) is 6.83. The average molecular weight is 383 g/mol. The van der Waals surface area contributed by atoms with E-state index < -0.39 is 10.0 Å². The normalized spacial score (nSPS) is 13.0. The molecule has 7 heteroatoms. The number of benzene rings is 1. The van der Waals surface area contributed by atoms with Gasteiger partial charge in [-0.2, -0.15) is 11.3 Å². The highest BCUT2D eigenvalue weighted by Gasteiger charge is 2.13. The van der Waals surface area contributed by atoms with Gasteiger partial charge in [-0.05, 0) is 66.5 Å². The Morgan fingerprint density at radius 3 is 2.52 bits per heavy atom. The van der Waals surface area contributed by atoms with Gasteiger partial charge in [0.2, 0.25) is 10.0 Å². The molecule has 138 valence electrons. The van der Waals surface area contributed by atoms with E-state index in [2.05, 4.69) is 40.3 Å². The van der Waals surface area contributed by atoms with E-state index in [4.69, 9.17) is 4.74 Å². The quantitative estimate of drug-likeness (QED) is 0.684. The van der Waals surface area contributed by atoms with E-state index in [1.54, 1.807) is 35.6 Å². The van der Waals surface area contributed by atoms with Gasteiger partial charge < -0.3 is 4.74 Å². The summed E-state index contributed by atoms with van der Waals surface area (Å²) in [4.78, 5) is 2.40. The van der Waals surface area contributed by atoms with Crippen LogP contribution >= 0.6 is 11.3 Å². The smallest absolute Gasteiger partial charge is 0.229 e. The number of anilines is 1. The topological polar surface area (TPSA) is 58.6 Å². The van der Waals surface area contributed by atoms with Crippen molar-refractivity contribution in [2.45, 2.75) is 26.3 Å². The molecule has 1 aromatic heterocycles. The fourth-order valence-corrected chi connectivity index (χ4v) is 3.93. The Balaban J connectivity index is 1.79. The van der Waals surface area contributed by atoms with Crippen molar-refractivity contribution in [2.75, 3.05) is 30.7 Å². The second-order valence-electron chi connectivity index (χ2n) is 6.06. The molecule has 25 heavy (non-hydrogen) atoms. The first kappa shape index (κ1) is 19.8. The molecule has 0 amide bonds. The average Bonchev–Trinajstić information content (AvgIpc) is 3.04. The first-order chi connectivity index (χ1) is 11.9. The fourth-order valence-electron chi connectivity index (χ4n) is 2.68. The number of thiophene rings is 1. The summed E-state index contributed by atoms with van der Waals surface area (Å²) in [5.41, 5.74) is 1.92. The van der Waals surface area contributed by atoms with Gasteiger partial charge in [0.05, 0.1) is 6.26 Å². The minimum absolute atomic E-state index is 0.463. The molecule has 1 N–H and O–H groups in total. The molecule has 0 saturated carbocycles. The lowest BCUT2D eigenvalue weighted by Gasteiger charge is -2.27. The zero-order chi connectivity index (χ0) is 18.3. The van der Waals surface area contributed by atoms with E-state index in [9.17, 15) is 8.42 Å². The molecule has 0 saturated heterocycles. The summed E-state index contributed by atoms with van der Waals surface area (Å²) in [7, 11) is -3.25. The van der Waals surface area contributed by atoms with Crippen molar-refractivity contribution in [3.8, 4) is 5.75 Å². The summed E-state index contributed by atoms with van der Waals surface area (Å²) in [5, 5.41) is 4.32. The maximum absolute atomic E-state index is 11.2. The van der Waals surface area contributed by atoms with Gasteiger partial charge in [0, 0.05) is 18.3 Å². The lowest BCUT2D eigenvalue weighted by molar-refractivity contribution is 0.174. The SMILES string of the molecule is CCN(CCOc1ccc(NS(C)(=O)=O)cc1)C(C)Cc1ccsc1. The third-order valence-corrected chi connectivity index (χ3v) is 5.28. The molecule has 5 nitrogen and oxygen atoms in total. The Morgan fingerprint density at radius 1 is 1.24 bits per heavy atom. The van der Waals surface area contributed by atoms with Crippen LogP contribution in [0, 0.1) is 0 Å². The number of sulfonamides is 1. The Kier molecular flexibility index (Phi) is 7.28. The van der Waals surface area contributed by atoms with Crippen LogP contribution in [0.3, 0.4) is 0 Å². The molecule has 2 aromatic rings. The largest absolute Gasteiger partial charge is 0.492 e. The molecule has 0 aliphatic heterocycles. The molecular weight excluding hydrogens is 356 g/mol. The van der Waals surface area contributed by atoms with Gasteiger partial charge in [0.25, 0.3) is 0 Å². The lowest BCUT2D eigenvalue weighted by atomic mass is 10.1. The van der Waals surface area contributed by atoms with E-state index >= 15 is 0 Å². The van der Waals surface area contributed by atoms with Gasteiger partial charge in [-0.15, -0.1) is 0 Å². The van der Waals surface area contributed by atoms with Crippen LogP contribution in [0.4, 0.5) is 5.69 Å². The zero-order valence-corrected chi connectivity index (χ0v) is 16.6. The van der Waals surface area contributed by atoms with Crippen molar-refractivity contribution >= 4 is 27.0 Å². The van der Waals surface area contributed by atoms with Crippen molar-refractivity contribution in [3.05, 3.63) is 46.7 Å². The molecule has 2 rings (SSSR count). The monoisotopic (exact) mass is 382 g/mol. The highest BCUT2D eigenvalue weighted by Crippen LogP contribution is 2.17. The van der Waals surface area contributed by atoms with Crippen LogP contribution in [0.5, 0.6) is 5.75 Å². The number of ether oxygens (including phenoxy) is 1. The number of hydrogen-bond donors (Lipinski definition) is 1. The van der Waals surface area contributed by atoms with E-state index in [0.29, 0.717) is 18.3 Å². The predicted molar refractivity (Wildman–Crippen MR) is 105 cm³/mol. The van der Waals surface area contributed by atoms with Gasteiger partial charge >= 0.3 is 0 Å². The molecule has 0 bridgehead atoms. The van der Waals surface area contributed by atoms with Gasteiger partial charge in [-0.1, -0.05) is 6.92 Å². The van der Waals surface area contributed by atoms with Crippen LogP contribution in [0.1, 0.15) is 19.4 Å². The predicted octanol–water partition coefficient (Wildman–Crippen LogP) is 3.45. The maximum Gasteiger partial charge on any atom is 0.229 e. The third kappa shape index (κ3) is 7.05. The van der Waals surface area contributed by atoms with Crippen LogP contribution in [0.2, 0.25) is 0 Å². The molecule has 1 aromatic carbocycles. The highest BCUT2D eigenvalue weighted by molar-refractivity contribution is 7.92. The number of nitrogens with one attached hydrogen (secondary N) is 1. The summed E-state index contributed by atoms with van der Waals surface area (Å²) >= 11 is 1.73. The van der Waals surface area contributed by atoms with Crippen molar-refractivity contribution in [1.29, 1.82) is 0 Å². The summed E-state index contributed by atoms with van der Waals surface area (Å²) in [5.74, 6) is 0.737. The lowest BCUT2D eigenvalue weighted by Crippen LogP contribution is -2.37. The Labute approximate surface area is 154 Å². The fraction of sp³-hybridized carbons (Fsp3) is 0.444. The Hall–Kier alpha value is -1.57. The van der Waals surface area contributed by atoms with Gasteiger partial charge in [-0.25, -0.2) is 8.42 Å². The van der Waals surface area contributed by atoms with E-state index in [-0.39, 0.29) is 0 Å². The number of hydrogen-bond acceptors (Lipinski definition) is 5. The summed E-state index contributed by atoms with van der Waals surface area (Å²) in [6, 6.07) is 9.60. The molecule has 1 heterocycles. The number of nitrogens with zero attached hydrogens (tertiary/aromatic N) is 1. The highest BCUT2D eigenvalue weighted by atomic mass is 32.2. The molecule has 0 aliphatic carbocycles. The van der Waals surface area contributed by atoms with Crippen LogP contribution in [-0.2, 0) is 16.4 Å². The van der Waals surface area contributed by atoms with E-state index in [1.807, 2.05) is 0 Å². The minimum Gasteiger partial charge on any atom is -0.492 e. The number of rotatable bonds is 10. The molecule has 1 atom stereocenters. The standard InChI is InChI=1S/C18H26N2O3S2/c1-4-20(15(2)13-16-9-12-24-14-16)10-11-23-18-7-5-17(6-8-18)19-25(3,21)22/h5-9,12,14-15,19H,4,10-11,13H2,1-3H3. The van der Waals surface area contributed by atoms with E-state index in [1.165, 1.54) is 5.56 Å². The summed E-state index contributed by atoms with van der Waals surface area (Å²) in [6.07, 6.45) is 2.18. The van der Waals surface area contributed by atoms with Crippen LogP contribution < -0.4 is 9.46 Å². The zero-order valence-electron chi connectivity index (χ0n) is 14.9. The van der Waals surface area contributed by atoms with Crippen molar-refractivity contribution < 1.29 is 13.2 Å². The molecule has 0 fully saturated rings. The van der Waals surface area contributed by atoms with Gasteiger partial charge in [0.15, 0.2) is 0 Å². The first-order valence-electron chi connectivity index (χ1n) is 8.33. The van der Waals surface area contributed by atoms with Crippen LogP contribution in [0.15, 0.2) is 41.1 Å². The van der Waals surface area contributed by atoms with Gasteiger partial charge in [0.1, 0.15) is 12.4 Å². The van der Waals surface area contributed by atoms with E-state index in [0.717, 1.165) is 31.5 Å². The Bertz CT molecular complexity index is 728. The maximum atomic E-state index is 11.2. The molecule has 1 unspecified atom stereocenters. The molecule has 0 spiro atoms. The van der Waals surface area contributed by atoms with Crippen LogP contribution in [0.25, 0.3) is 0 Å². The van der Waals surface area contributed by atoms with Crippen molar-refractivity contribution in [3.63, 3.8) is 0 Å². The molecule has 0 aliphatic rings. The Morgan fingerprint density at radius 2 is 1.96 bits per heavy atom.